The monoisotopic (exact) mass is 246 g/mol. The lowest BCUT2D eigenvalue weighted by molar-refractivity contribution is 1.28. The second-order valence-corrected chi connectivity index (χ2v) is 4.05. The summed E-state index contributed by atoms with van der Waals surface area (Å²) in [5, 5.41) is 13.2. The Morgan fingerprint density at radius 1 is 1.00 bits per heavy atom. The van der Waals surface area contributed by atoms with E-state index in [0.717, 1.165) is 16.6 Å². The number of pyridine rings is 2. The molecule has 0 aliphatic carbocycles. The van der Waals surface area contributed by atoms with Crippen LogP contribution >= 0.6 is 0 Å². The Kier molecular flexibility index (Phi) is 2.79. The van der Waals surface area contributed by atoms with E-state index in [9.17, 15) is 0 Å². The number of nitriles is 1. The van der Waals surface area contributed by atoms with Gasteiger partial charge in [-0.1, -0.05) is 6.07 Å². The highest BCUT2D eigenvalue weighted by molar-refractivity contribution is 5.83. The maximum absolute atomic E-state index is 9.03. The number of nitrogens with one attached hydrogen (secondary N) is 1. The largest absolute Gasteiger partial charge is 0.339 e. The first-order chi connectivity index (χ1) is 9.36. The summed E-state index contributed by atoms with van der Waals surface area (Å²) in [5.74, 6) is 0.563. The summed E-state index contributed by atoms with van der Waals surface area (Å²) < 4.78 is 0. The van der Waals surface area contributed by atoms with Gasteiger partial charge in [-0.25, -0.2) is 4.98 Å². The predicted octanol–water partition coefficient (Wildman–Crippen LogP) is 3.25. The van der Waals surface area contributed by atoms with Crippen LogP contribution in [0.15, 0.2) is 54.9 Å². The lowest BCUT2D eigenvalue weighted by atomic mass is 10.2. The van der Waals surface area contributed by atoms with E-state index < -0.39 is 0 Å². The highest BCUT2D eigenvalue weighted by atomic mass is 15.0. The van der Waals surface area contributed by atoms with Gasteiger partial charge in [0.15, 0.2) is 0 Å². The summed E-state index contributed by atoms with van der Waals surface area (Å²) in [6.45, 7) is 0. The van der Waals surface area contributed by atoms with Crippen LogP contribution in [0.3, 0.4) is 0 Å². The molecule has 19 heavy (non-hydrogen) atoms. The normalized spacial score (nSPS) is 10.1. The van der Waals surface area contributed by atoms with Crippen LogP contribution in [0.4, 0.5) is 11.5 Å². The van der Waals surface area contributed by atoms with Crippen LogP contribution < -0.4 is 5.32 Å². The molecular formula is C15H10N4. The van der Waals surface area contributed by atoms with Crippen molar-refractivity contribution in [3.8, 4) is 6.07 Å². The van der Waals surface area contributed by atoms with Crippen LogP contribution in [0.1, 0.15) is 5.56 Å². The van der Waals surface area contributed by atoms with Gasteiger partial charge in [0.05, 0.1) is 11.1 Å². The number of nitrogens with zero attached hydrogens (tertiary/aromatic N) is 3. The number of benzene rings is 1. The Balaban J connectivity index is 1.99. The summed E-state index contributed by atoms with van der Waals surface area (Å²) in [6.07, 6.45) is 3.42. The van der Waals surface area contributed by atoms with Crippen molar-refractivity contribution in [3.63, 3.8) is 0 Å². The molecule has 0 saturated carbocycles. The first-order valence-electron chi connectivity index (χ1n) is 5.84. The Morgan fingerprint density at radius 3 is 2.74 bits per heavy atom. The van der Waals surface area contributed by atoms with E-state index in [4.69, 9.17) is 5.26 Å². The zero-order chi connectivity index (χ0) is 13.1. The number of hydrogen-bond acceptors (Lipinski definition) is 4. The molecule has 0 unspecified atom stereocenters. The van der Waals surface area contributed by atoms with Crippen LogP contribution in [0.5, 0.6) is 0 Å². The van der Waals surface area contributed by atoms with E-state index in [1.807, 2.05) is 30.3 Å². The van der Waals surface area contributed by atoms with Crippen molar-refractivity contribution in [1.82, 2.24) is 9.97 Å². The summed E-state index contributed by atoms with van der Waals surface area (Å²) in [7, 11) is 0. The minimum absolute atomic E-state index is 0.522. The molecule has 0 atom stereocenters. The SMILES string of the molecule is N#Cc1cccnc1Nc1ccc2ncccc2c1. The predicted molar refractivity (Wildman–Crippen MR) is 74.0 cm³/mol. The van der Waals surface area contributed by atoms with Gasteiger partial charge in [0, 0.05) is 23.5 Å². The van der Waals surface area contributed by atoms with Crippen molar-refractivity contribution in [2.75, 3.05) is 5.32 Å². The summed E-state index contributed by atoms with van der Waals surface area (Å²) in [6, 6.07) is 15.3. The fourth-order valence-corrected chi connectivity index (χ4v) is 1.89. The Morgan fingerprint density at radius 2 is 1.84 bits per heavy atom. The summed E-state index contributed by atoms with van der Waals surface area (Å²) >= 11 is 0. The fraction of sp³-hybridized carbons (Fsp3) is 0. The van der Waals surface area contributed by atoms with Crippen molar-refractivity contribution in [1.29, 1.82) is 5.26 Å². The summed E-state index contributed by atoms with van der Waals surface area (Å²) in [5.41, 5.74) is 2.35. The van der Waals surface area contributed by atoms with E-state index in [0.29, 0.717) is 11.4 Å². The van der Waals surface area contributed by atoms with E-state index >= 15 is 0 Å². The Hall–Kier alpha value is -2.93. The number of hydrogen-bond donors (Lipinski definition) is 1. The van der Waals surface area contributed by atoms with Crippen LogP contribution in [-0.4, -0.2) is 9.97 Å². The van der Waals surface area contributed by atoms with Crippen LogP contribution in [-0.2, 0) is 0 Å². The number of rotatable bonds is 2. The molecular weight excluding hydrogens is 236 g/mol. The van der Waals surface area contributed by atoms with Crippen LogP contribution in [0, 0.1) is 11.3 Å². The zero-order valence-corrected chi connectivity index (χ0v) is 10.0. The molecule has 2 heterocycles. The molecule has 0 aliphatic rings. The second kappa shape index (κ2) is 4.75. The van der Waals surface area contributed by atoms with Gasteiger partial charge in [-0.15, -0.1) is 0 Å². The summed E-state index contributed by atoms with van der Waals surface area (Å²) in [4.78, 5) is 8.44. The smallest absolute Gasteiger partial charge is 0.148 e. The van der Waals surface area contributed by atoms with Crippen LogP contribution in [0.25, 0.3) is 10.9 Å². The maximum atomic E-state index is 9.03. The van der Waals surface area contributed by atoms with Gasteiger partial charge >= 0.3 is 0 Å². The first kappa shape index (κ1) is 11.2. The van der Waals surface area contributed by atoms with E-state index in [2.05, 4.69) is 21.4 Å². The lowest BCUT2D eigenvalue weighted by Gasteiger charge is -2.07. The molecule has 4 nitrogen and oxygen atoms in total. The van der Waals surface area contributed by atoms with Gasteiger partial charge in [0.25, 0.3) is 0 Å². The number of anilines is 2. The van der Waals surface area contributed by atoms with Crippen molar-refractivity contribution in [2.45, 2.75) is 0 Å². The second-order valence-electron chi connectivity index (χ2n) is 4.05. The molecule has 0 fully saturated rings. The highest BCUT2D eigenvalue weighted by Gasteiger charge is 2.03. The van der Waals surface area contributed by atoms with E-state index in [-0.39, 0.29) is 0 Å². The molecule has 4 heteroatoms. The quantitative estimate of drug-likeness (QED) is 0.754. The molecule has 0 saturated heterocycles. The first-order valence-corrected chi connectivity index (χ1v) is 5.84. The molecule has 0 amide bonds. The molecule has 0 radical (unpaired) electrons. The highest BCUT2D eigenvalue weighted by Crippen LogP contribution is 2.21. The number of fused-ring (bicyclic) bond motifs is 1. The molecule has 0 bridgehead atoms. The zero-order valence-electron chi connectivity index (χ0n) is 10.0. The van der Waals surface area contributed by atoms with Crippen LogP contribution in [0.2, 0.25) is 0 Å². The van der Waals surface area contributed by atoms with Crippen molar-refractivity contribution in [3.05, 3.63) is 60.4 Å². The van der Waals surface area contributed by atoms with E-state index in [1.54, 1.807) is 24.5 Å². The Labute approximate surface area is 110 Å². The van der Waals surface area contributed by atoms with Gasteiger partial charge in [-0.3, -0.25) is 4.98 Å². The lowest BCUT2D eigenvalue weighted by Crippen LogP contribution is -1.96. The fourth-order valence-electron chi connectivity index (χ4n) is 1.89. The molecule has 0 spiro atoms. The molecule has 0 aliphatic heterocycles. The maximum Gasteiger partial charge on any atom is 0.148 e. The third-order valence-electron chi connectivity index (χ3n) is 2.79. The topological polar surface area (TPSA) is 61.6 Å². The average molecular weight is 246 g/mol. The van der Waals surface area contributed by atoms with Gasteiger partial charge in [0.1, 0.15) is 11.9 Å². The van der Waals surface area contributed by atoms with Gasteiger partial charge in [-0.05, 0) is 36.4 Å². The van der Waals surface area contributed by atoms with Crippen molar-refractivity contribution in [2.24, 2.45) is 0 Å². The van der Waals surface area contributed by atoms with Gasteiger partial charge < -0.3 is 5.32 Å². The molecule has 1 N–H and O–H groups in total. The molecule has 1 aromatic carbocycles. The van der Waals surface area contributed by atoms with Crippen molar-refractivity contribution >= 4 is 22.4 Å². The standard InChI is InChI=1S/C15H10N4/c16-10-12-4-2-8-18-15(12)19-13-5-6-14-11(9-13)3-1-7-17-14/h1-9H,(H,18,19). The molecule has 3 aromatic rings. The van der Waals surface area contributed by atoms with E-state index in [1.165, 1.54) is 0 Å². The molecule has 3 rings (SSSR count). The third-order valence-corrected chi connectivity index (χ3v) is 2.79. The Bertz CT molecular complexity index is 774. The van der Waals surface area contributed by atoms with Gasteiger partial charge in [-0.2, -0.15) is 5.26 Å². The molecule has 90 valence electrons. The van der Waals surface area contributed by atoms with Gasteiger partial charge in [0.2, 0.25) is 0 Å². The average Bonchev–Trinajstić information content (AvgIpc) is 2.48. The third kappa shape index (κ3) is 2.22. The minimum Gasteiger partial charge on any atom is -0.339 e. The molecule has 2 aromatic heterocycles. The van der Waals surface area contributed by atoms with Crippen molar-refractivity contribution < 1.29 is 0 Å². The number of aromatic nitrogens is 2. The minimum atomic E-state index is 0.522.